The van der Waals surface area contributed by atoms with E-state index in [9.17, 15) is 13.2 Å². The van der Waals surface area contributed by atoms with Crippen LogP contribution in [0.3, 0.4) is 0 Å². The third-order valence-electron chi connectivity index (χ3n) is 3.32. The van der Waals surface area contributed by atoms with Crippen molar-refractivity contribution in [2.45, 2.75) is 38.1 Å². The zero-order chi connectivity index (χ0) is 13.1. The average molecular weight is 265 g/mol. The van der Waals surface area contributed by atoms with Crippen LogP contribution in [0, 0.1) is 11.8 Å². The summed E-state index contributed by atoms with van der Waals surface area (Å²) in [4.78, 5) is 10.6. The van der Waals surface area contributed by atoms with Crippen molar-refractivity contribution in [2.75, 3.05) is 5.75 Å². The van der Waals surface area contributed by atoms with Crippen LogP contribution in [0.2, 0.25) is 0 Å². The van der Waals surface area contributed by atoms with E-state index >= 15 is 0 Å². The molecule has 1 atom stereocenters. The first-order valence-electron chi connectivity index (χ1n) is 5.71. The molecule has 1 saturated carbocycles. The number of nitrogens with two attached hydrogens (primary N) is 1. The van der Waals surface area contributed by atoms with E-state index in [-0.39, 0.29) is 17.6 Å². The van der Waals surface area contributed by atoms with Crippen LogP contribution in [-0.2, 0) is 14.9 Å². The minimum absolute atomic E-state index is 0.0118. The molecule has 0 amide bonds. The maximum atomic E-state index is 10.7. The fraction of sp³-hybridized carbons (Fsp3) is 0.900. The Morgan fingerprint density at radius 1 is 1.24 bits per heavy atom. The molecule has 4 N–H and O–H groups in total. The molecular weight excluding hydrogens is 246 g/mol. The van der Waals surface area contributed by atoms with Crippen molar-refractivity contribution in [2.24, 2.45) is 17.6 Å². The molecule has 0 radical (unpaired) electrons. The molecule has 7 heteroatoms. The highest BCUT2D eigenvalue weighted by Gasteiger charge is 2.27. The molecule has 0 spiro atoms. The van der Waals surface area contributed by atoms with Crippen molar-refractivity contribution in [3.05, 3.63) is 0 Å². The molecule has 1 rings (SSSR count). The molecule has 0 aromatic heterocycles. The molecule has 0 aromatic carbocycles. The summed E-state index contributed by atoms with van der Waals surface area (Å²) in [7, 11) is -3.90. The monoisotopic (exact) mass is 265 g/mol. The number of carboxylic acids is 1. The first-order chi connectivity index (χ1) is 7.78. The van der Waals surface area contributed by atoms with Crippen LogP contribution < -0.4 is 5.73 Å². The van der Waals surface area contributed by atoms with Gasteiger partial charge in [0, 0.05) is 0 Å². The minimum atomic E-state index is -3.90. The highest BCUT2D eigenvalue weighted by molar-refractivity contribution is 7.85. The summed E-state index contributed by atoms with van der Waals surface area (Å²) in [5, 5.41) is 8.68. The third kappa shape index (κ3) is 5.47. The van der Waals surface area contributed by atoms with Gasteiger partial charge in [-0.15, -0.1) is 0 Å². The summed E-state index contributed by atoms with van der Waals surface area (Å²) in [5.41, 5.74) is 5.45. The van der Waals surface area contributed by atoms with Crippen molar-refractivity contribution in [1.82, 2.24) is 0 Å². The van der Waals surface area contributed by atoms with Gasteiger partial charge in [0.25, 0.3) is 10.1 Å². The summed E-state index contributed by atoms with van der Waals surface area (Å²) >= 11 is 0. The standard InChI is InChI=1S/C10H19NO5S/c11-9(10(12)13)5-7-1-3-8(4-2-7)6-17(14,15)16/h7-9H,1-6,11H2,(H,12,13)(H,14,15,16)/t7?,8?,9-/m0/s1. The van der Waals surface area contributed by atoms with Crippen LogP contribution in [0.1, 0.15) is 32.1 Å². The van der Waals surface area contributed by atoms with Gasteiger partial charge in [-0.25, -0.2) is 0 Å². The molecule has 17 heavy (non-hydrogen) atoms. The van der Waals surface area contributed by atoms with Crippen LogP contribution in [-0.4, -0.2) is 35.8 Å². The lowest BCUT2D eigenvalue weighted by atomic mass is 9.80. The molecule has 100 valence electrons. The van der Waals surface area contributed by atoms with Gasteiger partial charge in [0.05, 0.1) is 5.75 Å². The van der Waals surface area contributed by atoms with Gasteiger partial charge < -0.3 is 10.8 Å². The Balaban J connectivity index is 2.33. The van der Waals surface area contributed by atoms with Crippen molar-refractivity contribution in [3.63, 3.8) is 0 Å². The largest absolute Gasteiger partial charge is 0.480 e. The molecule has 6 nitrogen and oxygen atoms in total. The van der Waals surface area contributed by atoms with Gasteiger partial charge in [0.2, 0.25) is 0 Å². The van der Waals surface area contributed by atoms with Gasteiger partial charge >= 0.3 is 5.97 Å². The van der Waals surface area contributed by atoms with Gasteiger partial charge in [-0.2, -0.15) is 8.42 Å². The molecule has 1 fully saturated rings. The summed E-state index contributed by atoms with van der Waals surface area (Å²) in [6.45, 7) is 0. The topological polar surface area (TPSA) is 118 Å². The predicted molar refractivity (Wildman–Crippen MR) is 62.1 cm³/mol. The van der Waals surface area contributed by atoms with Crippen molar-refractivity contribution >= 4 is 16.1 Å². The number of carboxylic acid groups (broad SMARTS) is 1. The second kappa shape index (κ2) is 5.79. The third-order valence-corrected chi connectivity index (χ3v) is 4.21. The number of aliphatic carboxylic acids is 1. The van der Waals surface area contributed by atoms with Crippen LogP contribution in [0.25, 0.3) is 0 Å². The molecule has 0 bridgehead atoms. The number of hydrogen-bond acceptors (Lipinski definition) is 4. The molecule has 1 aliphatic rings. The Morgan fingerprint density at radius 3 is 2.12 bits per heavy atom. The van der Waals surface area contributed by atoms with Gasteiger partial charge in [0.15, 0.2) is 0 Å². The fourth-order valence-electron chi connectivity index (χ4n) is 2.39. The zero-order valence-electron chi connectivity index (χ0n) is 9.58. The van der Waals surface area contributed by atoms with Gasteiger partial charge in [-0.1, -0.05) is 12.8 Å². The van der Waals surface area contributed by atoms with Gasteiger partial charge in [0.1, 0.15) is 6.04 Å². The number of rotatable bonds is 5. The highest BCUT2D eigenvalue weighted by atomic mass is 32.2. The van der Waals surface area contributed by atoms with Crippen LogP contribution in [0.4, 0.5) is 0 Å². The Bertz CT molecular complexity index is 359. The van der Waals surface area contributed by atoms with E-state index in [0.717, 1.165) is 12.8 Å². The maximum Gasteiger partial charge on any atom is 0.320 e. The normalized spacial score (nSPS) is 27.6. The zero-order valence-corrected chi connectivity index (χ0v) is 10.4. The lowest BCUT2D eigenvalue weighted by Crippen LogP contribution is -2.33. The van der Waals surface area contributed by atoms with E-state index in [4.69, 9.17) is 15.4 Å². The molecule has 0 unspecified atom stereocenters. The number of carbonyl (C=O) groups is 1. The second-order valence-corrected chi connectivity index (χ2v) is 6.31. The molecular formula is C10H19NO5S. The minimum Gasteiger partial charge on any atom is -0.480 e. The van der Waals surface area contributed by atoms with Crippen LogP contribution in [0.5, 0.6) is 0 Å². The van der Waals surface area contributed by atoms with E-state index in [2.05, 4.69) is 0 Å². The smallest absolute Gasteiger partial charge is 0.320 e. The van der Waals surface area contributed by atoms with E-state index in [1.165, 1.54) is 0 Å². The van der Waals surface area contributed by atoms with E-state index in [0.29, 0.717) is 19.3 Å². The second-order valence-electron chi connectivity index (χ2n) is 4.82. The van der Waals surface area contributed by atoms with Gasteiger partial charge in [-0.05, 0) is 31.1 Å². The summed E-state index contributed by atoms with van der Waals surface area (Å²) in [6, 6.07) is -0.835. The Kier molecular flexibility index (Phi) is 4.91. The Hall–Kier alpha value is -0.660. The maximum absolute atomic E-state index is 10.7. The van der Waals surface area contributed by atoms with Gasteiger partial charge in [-0.3, -0.25) is 9.35 Å². The van der Waals surface area contributed by atoms with E-state index in [1.54, 1.807) is 0 Å². The first kappa shape index (κ1) is 14.4. The molecule has 0 aliphatic heterocycles. The van der Waals surface area contributed by atoms with E-state index in [1.807, 2.05) is 0 Å². The lowest BCUT2D eigenvalue weighted by molar-refractivity contribution is -0.139. The Morgan fingerprint density at radius 2 is 1.71 bits per heavy atom. The van der Waals surface area contributed by atoms with Crippen LogP contribution >= 0.6 is 0 Å². The van der Waals surface area contributed by atoms with E-state index < -0.39 is 22.1 Å². The fourth-order valence-corrected chi connectivity index (χ4v) is 3.32. The summed E-state index contributed by atoms with van der Waals surface area (Å²) < 4.78 is 30.1. The quantitative estimate of drug-likeness (QED) is 0.622. The Labute approximate surface area is 101 Å². The highest BCUT2D eigenvalue weighted by Crippen LogP contribution is 2.31. The molecule has 1 aliphatic carbocycles. The molecule has 0 aromatic rings. The predicted octanol–water partition coefficient (Wildman–Crippen LogP) is 0.483. The van der Waals surface area contributed by atoms with Crippen molar-refractivity contribution in [3.8, 4) is 0 Å². The number of hydrogen-bond donors (Lipinski definition) is 3. The average Bonchev–Trinajstić information content (AvgIpc) is 2.18. The lowest BCUT2D eigenvalue weighted by Gasteiger charge is -2.28. The van der Waals surface area contributed by atoms with Crippen LogP contribution in [0.15, 0.2) is 0 Å². The SMILES string of the molecule is N[C@@H](CC1CCC(CS(=O)(=O)O)CC1)C(=O)O. The molecule has 0 saturated heterocycles. The first-order valence-corrected chi connectivity index (χ1v) is 7.32. The summed E-state index contributed by atoms with van der Waals surface area (Å²) in [5.74, 6) is -0.948. The molecule has 0 heterocycles. The van der Waals surface area contributed by atoms with Crippen molar-refractivity contribution in [1.29, 1.82) is 0 Å². The summed E-state index contributed by atoms with van der Waals surface area (Å²) in [6.07, 6.45) is 3.41. The van der Waals surface area contributed by atoms with Crippen molar-refractivity contribution < 1.29 is 22.9 Å².